The van der Waals surface area contributed by atoms with E-state index in [4.69, 9.17) is 5.41 Å². The van der Waals surface area contributed by atoms with Gasteiger partial charge in [-0.25, -0.2) is 0 Å². The SMILES string of the molecule is N=c1n(CCc2ccccc2)c(=O)c2ccccc2n1Cc1ccccc1. The van der Waals surface area contributed by atoms with Gasteiger partial charge in [-0.2, -0.15) is 0 Å². The van der Waals surface area contributed by atoms with Crippen LogP contribution < -0.4 is 11.2 Å². The van der Waals surface area contributed by atoms with E-state index in [1.54, 1.807) is 4.57 Å². The van der Waals surface area contributed by atoms with Crippen molar-refractivity contribution in [3.05, 3.63) is 112 Å². The third-order valence-electron chi connectivity index (χ3n) is 4.83. The highest BCUT2D eigenvalue weighted by molar-refractivity contribution is 5.77. The molecule has 0 fully saturated rings. The molecular formula is C23H21N3O. The van der Waals surface area contributed by atoms with Crippen LogP contribution in [-0.4, -0.2) is 9.13 Å². The summed E-state index contributed by atoms with van der Waals surface area (Å²) >= 11 is 0. The van der Waals surface area contributed by atoms with Gasteiger partial charge >= 0.3 is 0 Å². The smallest absolute Gasteiger partial charge is 0.262 e. The molecule has 3 aromatic carbocycles. The number of nitrogens with zero attached hydrogens (tertiary/aromatic N) is 2. The van der Waals surface area contributed by atoms with Gasteiger partial charge in [-0.05, 0) is 29.7 Å². The highest BCUT2D eigenvalue weighted by Crippen LogP contribution is 2.10. The molecule has 0 aliphatic carbocycles. The molecule has 4 aromatic rings. The third-order valence-corrected chi connectivity index (χ3v) is 4.83. The van der Waals surface area contributed by atoms with Crippen molar-refractivity contribution in [2.75, 3.05) is 0 Å². The fourth-order valence-corrected chi connectivity index (χ4v) is 3.41. The van der Waals surface area contributed by atoms with Crippen molar-refractivity contribution < 1.29 is 0 Å². The van der Waals surface area contributed by atoms with E-state index < -0.39 is 0 Å². The Kier molecular flexibility index (Phi) is 4.71. The number of hydrogen-bond acceptors (Lipinski definition) is 2. The number of nitrogens with one attached hydrogen (secondary N) is 1. The standard InChI is InChI=1S/C23H21N3O/c24-23-25(16-15-18-9-3-1-4-10-18)22(27)20-13-7-8-14-21(20)26(23)17-19-11-5-2-6-12-19/h1-14,24H,15-17H2. The van der Waals surface area contributed by atoms with Gasteiger partial charge in [-0.1, -0.05) is 72.8 Å². The molecule has 0 aliphatic heterocycles. The lowest BCUT2D eigenvalue weighted by molar-refractivity contribution is 0.565. The molecule has 0 saturated carbocycles. The quantitative estimate of drug-likeness (QED) is 0.584. The lowest BCUT2D eigenvalue weighted by Crippen LogP contribution is -2.40. The molecule has 0 bridgehead atoms. The first kappa shape index (κ1) is 17.0. The number of aromatic nitrogens is 2. The highest BCUT2D eigenvalue weighted by atomic mass is 16.1. The molecule has 0 aliphatic rings. The Hall–Kier alpha value is -3.40. The van der Waals surface area contributed by atoms with Gasteiger partial charge in [0.15, 0.2) is 0 Å². The summed E-state index contributed by atoms with van der Waals surface area (Å²) in [6, 6.07) is 27.7. The molecule has 27 heavy (non-hydrogen) atoms. The van der Waals surface area contributed by atoms with Gasteiger partial charge in [0, 0.05) is 6.54 Å². The normalized spacial score (nSPS) is 11.0. The molecule has 4 nitrogen and oxygen atoms in total. The summed E-state index contributed by atoms with van der Waals surface area (Å²) in [5, 5.41) is 9.36. The molecule has 1 N–H and O–H groups in total. The Morgan fingerprint density at radius 2 is 1.30 bits per heavy atom. The first-order chi connectivity index (χ1) is 13.2. The van der Waals surface area contributed by atoms with E-state index >= 15 is 0 Å². The van der Waals surface area contributed by atoms with Crippen LogP contribution in [0.3, 0.4) is 0 Å². The van der Waals surface area contributed by atoms with Crippen LogP contribution in [0.2, 0.25) is 0 Å². The molecule has 0 unspecified atom stereocenters. The average molecular weight is 355 g/mol. The van der Waals surface area contributed by atoms with Crippen molar-refractivity contribution in [2.24, 2.45) is 0 Å². The van der Waals surface area contributed by atoms with Crippen molar-refractivity contribution in [3.63, 3.8) is 0 Å². The van der Waals surface area contributed by atoms with Crippen LogP contribution in [0.4, 0.5) is 0 Å². The van der Waals surface area contributed by atoms with E-state index in [2.05, 4.69) is 0 Å². The van der Waals surface area contributed by atoms with Crippen LogP contribution in [-0.2, 0) is 19.5 Å². The highest BCUT2D eigenvalue weighted by Gasteiger charge is 2.11. The molecule has 0 saturated heterocycles. The zero-order chi connectivity index (χ0) is 18.6. The van der Waals surface area contributed by atoms with Crippen LogP contribution in [0.1, 0.15) is 11.1 Å². The van der Waals surface area contributed by atoms with Gasteiger partial charge in [0.2, 0.25) is 5.62 Å². The summed E-state index contributed by atoms with van der Waals surface area (Å²) in [6.45, 7) is 1.05. The summed E-state index contributed by atoms with van der Waals surface area (Å²) in [5.74, 6) is 0. The number of para-hydroxylation sites is 1. The molecule has 0 spiro atoms. The van der Waals surface area contributed by atoms with E-state index in [1.165, 1.54) is 0 Å². The Morgan fingerprint density at radius 3 is 2.00 bits per heavy atom. The molecule has 4 rings (SSSR count). The fourth-order valence-electron chi connectivity index (χ4n) is 3.41. The summed E-state index contributed by atoms with van der Waals surface area (Å²) in [4.78, 5) is 13.0. The maximum Gasteiger partial charge on any atom is 0.262 e. The predicted molar refractivity (Wildman–Crippen MR) is 108 cm³/mol. The minimum absolute atomic E-state index is 0.101. The average Bonchev–Trinajstić information content (AvgIpc) is 2.72. The zero-order valence-corrected chi connectivity index (χ0v) is 15.0. The molecule has 0 amide bonds. The van der Waals surface area contributed by atoms with Crippen LogP contribution in [0.15, 0.2) is 89.7 Å². The number of aryl methyl sites for hydroxylation is 1. The van der Waals surface area contributed by atoms with Crippen molar-refractivity contribution in [3.8, 4) is 0 Å². The molecule has 134 valence electrons. The summed E-state index contributed by atoms with van der Waals surface area (Å²) < 4.78 is 3.50. The topological polar surface area (TPSA) is 50.8 Å². The summed E-state index contributed by atoms with van der Waals surface area (Å²) in [6.07, 6.45) is 0.719. The maximum absolute atomic E-state index is 13.0. The first-order valence-electron chi connectivity index (χ1n) is 9.09. The second kappa shape index (κ2) is 7.46. The summed E-state index contributed by atoms with van der Waals surface area (Å²) in [5.41, 5.74) is 3.20. The lowest BCUT2D eigenvalue weighted by atomic mass is 10.1. The molecular weight excluding hydrogens is 334 g/mol. The minimum Gasteiger partial charge on any atom is -0.307 e. The summed E-state index contributed by atoms with van der Waals surface area (Å²) in [7, 11) is 0. The van der Waals surface area contributed by atoms with Gasteiger partial charge in [0.1, 0.15) is 0 Å². The molecule has 0 atom stereocenters. The van der Waals surface area contributed by atoms with Gasteiger partial charge in [0.25, 0.3) is 5.56 Å². The van der Waals surface area contributed by atoms with Crippen molar-refractivity contribution in [1.82, 2.24) is 9.13 Å². The largest absolute Gasteiger partial charge is 0.307 e. The lowest BCUT2D eigenvalue weighted by Gasteiger charge is -2.16. The number of rotatable bonds is 5. The maximum atomic E-state index is 13.0. The van der Waals surface area contributed by atoms with E-state index in [9.17, 15) is 4.79 Å². The van der Waals surface area contributed by atoms with Gasteiger partial charge in [-0.15, -0.1) is 0 Å². The van der Waals surface area contributed by atoms with Crippen LogP contribution in [0.5, 0.6) is 0 Å². The third kappa shape index (κ3) is 3.47. The first-order valence-corrected chi connectivity index (χ1v) is 9.09. The monoisotopic (exact) mass is 355 g/mol. The second-order valence-corrected chi connectivity index (χ2v) is 6.60. The number of benzene rings is 3. The van der Waals surface area contributed by atoms with Gasteiger partial charge < -0.3 is 4.57 Å². The Bertz CT molecular complexity index is 1180. The van der Waals surface area contributed by atoms with Crippen LogP contribution >= 0.6 is 0 Å². The second-order valence-electron chi connectivity index (χ2n) is 6.60. The minimum atomic E-state index is -0.101. The van der Waals surface area contributed by atoms with E-state index in [0.29, 0.717) is 18.5 Å². The molecule has 1 heterocycles. The Balaban J connectivity index is 1.81. The predicted octanol–water partition coefficient (Wildman–Crippen LogP) is 3.57. The van der Waals surface area contributed by atoms with E-state index in [-0.39, 0.29) is 11.2 Å². The fraction of sp³-hybridized carbons (Fsp3) is 0.130. The van der Waals surface area contributed by atoms with Crippen molar-refractivity contribution in [2.45, 2.75) is 19.5 Å². The molecule has 0 radical (unpaired) electrons. The van der Waals surface area contributed by atoms with Gasteiger partial charge in [0.05, 0.1) is 17.4 Å². The molecule has 4 heteroatoms. The van der Waals surface area contributed by atoms with E-state index in [0.717, 1.165) is 23.1 Å². The number of hydrogen-bond donors (Lipinski definition) is 1. The molecule has 1 aromatic heterocycles. The van der Waals surface area contributed by atoms with Gasteiger partial charge in [-0.3, -0.25) is 14.8 Å². The van der Waals surface area contributed by atoms with E-state index in [1.807, 2.05) is 89.5 Å². The Labute approximate surface area is 157 Å². The van der Waals surface area contributed by atoms with Crippen LogP contribution in [0, 0.1) is 5.41 Å². The zero-order valence-electron chi connectivity index (χ0n) is 15.0. The van der Waals surface area contributed by atoms with Crippen molar-refractivity contribution in [1.29, 1.82) is 5.41 Å². The number of fused-ring (bicyclic) bond motifs is 1. The Morgan fingerprint density at radius 1 is 0.704 bits per heavy atom. The van der Waals surface area contributed by atoms with Crippen LogP contribution in [0.25, 0.3) is 10.9 Å². The van der Waals surface area contributed by atoms with Crippen molar-refractivity contribution >= 4 is 10.9 Å².